The van der Waals surface area contributed by atoms with E-state index in [-0.39, 0.29) is 5.75 Å². The highest BCUT2D eigenvalue weighted by Crippen LogP contribution is 2.11. The van der Waals surface area contributed by atoms with Gasteiger partial charge < -0.3 is 5.73 Å². The number of hydrogen-bond acceptors (Lipinski definition) is 4. The zero-order valence-electron chi connectivity index (χ0n) is 12.6. The topological polar surface area (TPSA) is 69.4 Å². The minimum atomic E-state index is -3.41. The van der Waals surface area contributed by atoms with Crippen molar-refractivity contribution in [2.24, 2.45) is 5.73 Å². The second kappa shape index (κ2) is 11.7. The van der Waals surface area contributed by atoms with Gasteiger partial charge in [0.25, 0.3) is 10.1 Å². The summed E-state index contributed by atoms with van der Waals surface area (Å²) in [5.41, 5.74) is 5.30. The summed E-state index contributed by atoms with van der Waals surface area (Å²) in [5.74, 6) is 0.0883. The van der Waals surface area contributed by atoms with Gasteiger partial charge in [0.1, 0.15) is 6.23 Å². The van der Waals surface area contributed by atoms with Crippen LogP contribution in [0.2, 0.25) is 0 Å². The second-order valence-electron chi connectivity index (χ2n) is 5.25. The van der Waals surface area contributed by atoms with E-state index in [9.17, 15) is 8.42 Å². The molecule has 0 aromatic carbocycles. The van der Waals surface area contributed by atoms with Gasteiger partial charge >= 0.3 is 0 Å². The maximum Gasteiger partial charge on any atom is 0.268 e. The fourth-order valence-corrected chi connectivity index (χ4v) is 3.16. The molecule has 0 radical (unpaired) electrons. The summed E-state index contributed by atoms with van der Waals surface area (Å²) >= 11 is 0. The smallest absolute Gasteiger partial charge is 0.268 e. The average Bonchev–Trinajstić information content (AvgIpc) is 2.30. The van der Waals surface area contributed by atoms with Gasteiger partial charge in [-0.15, -0.1) is 0 Å². The lowest BCUT2D eigenvalue weighted by Crippen LogP contribution is -2.25. The van der Waals surface area contributed by atoms with Gasteiger partial charge in [0.2, 0.25) is 0 Å². The third-order valence-corrected chi connectivity index (χ3v) is 4.43. The van der Waals surface area contributed by atoms with Gasteiger partial charge in [-0.1, -0.05) is 64.7 Å². The largest absolute Gasteiger partial charge is 0.305 e. The van der Waals surface area contributed by atoms with Crippen LogP contribution in [0.3, 0.4) is 0 Å². The molecule has 0 aromatic heterocycles. The lowest BCUT2D eigenvalue weighted by atomic mass is 10.1. The van der Waals surface area contributed by atoms with Crippen molar-refractivity contribution in [1.82, 2.24) is 0 Å². The fraction of sp³-hybridized carbons (Fsp3) is 1.00. The monoisotopic (exact) mass is 293 g/mol. The number of hydrogen-bond donors (Lipinski definition) is 1. The average molecular weight is 293 g/mol. The van der Waals surface area contributed by atoms with E-state index in [1.165, 1.54) is 51.9 Å². The van der Waals surface area contributed by atoms with Gasteiger partial charge in [0, 0.05) is 0 Å². The summed E-state index contributed by atoms with van der Waals surface area (Å²) in [5, 5.41) is 0. The molecule has 0 amide bonds. The van der Waals surface area contributed by atoms with Gasteiger partial charge in [-0.05, 0) is 13.3 Å². The Labute approximate surface area is 119 Å². The maximum atomic E-state index is 11.4. The molecule has 0 aliphatic carbocycles. The molecule has 1 unspecified atom stereocenters. The fourth-order valence-electron chi connectivity index (χ4n) is 2.05. The first-order chi connectivity index (χ1) is 8.98. The van der Waals surface area contributed by atoms with Crippen molar-refractivity contribution in [2.75, 3.05) is 5.75 Å². The molecular weight excluding hydrogens is 262 g/mol. The van der Waals surface area contributed by atoms with Crippen LogP contribution in [0.5, 0.6) is 0 Å². The van der Waals surface area contributed by atoms with Gasteiger partial charge in [-0.3, -0.25) is 4.18 Å². The third kappa shape index (κ3) is 14.1. The first-order valence-electron chi connectivity index (χ1n) is 7.64. The summed E-state index contributed by atoms with van der Waals surface area (Å²) < 4.78 is 27.4. The summed E-state index contributed by atoms with van der Waals surface area (Å²) in [4.78, 5) is 0. The highest BCUT2D eigenvalue weighted by Gasteiger charge is 2.12. The summed E-state index contributed by atoms with van der Waals surface area (Å²) in [6.07, 6.45) is 11.1. The Kier molecular flexibility index (Phi) is 11.6. The van der Waals surface area contributed by atoms with Crippen molar-refractivity contribution in [3.8, 4) is 0 Å². The quantitative estimate of drug-likeness (QED) is 0.320. The lowest BCUT2D eigenvalue weighted by molar-refractivity contribution is 0.236. The summed E-state index contributed by atoms with van der Waals surface area (Å²) in [6.45, 7) is 3.75. The molecule has 0 spiro atoms. The molecule has 2 N–H and O–H groups in total. The van der Waals surface area contributed by atoms with Crippen molar-refractivity contribution < 1.29 is 12.6 Å². The maximum absolute atomic E-state index is 11.4. The Morgan fingerprint density at radius 1 is 0.895 bits per heavy atom. The molecule has 0 aliphatic rings. The standard InChI is InChI=1S/C14H31NO3S/c1-3-4-5-6-7-8-9-10-11-12-13-19(16,17)18-14(2)15/h14H,3-13,15H2,1-2H3. The molecule has 0 bridgehead atoms. The molecule has 0 rings (SSSR count). The molecule has 0 saturated carbocycles. The molecule has 1 atom stereocenters. The second-order valence-corrected chi connectivity index (χ2v) is 6.96. The molecule has 4 nitrogen and oxygen atoms in total. The Morgan fingerprint density at radius 3 is 1.74 bits per heavy atom. The number of rotatable bonds is 13. The van der Waals surface area contributed by atoms with E-state index in [0.29, 0.717) is 6.42 Å². The zero-order chi connectivity index (χ0) is 14.6. The van der Waals surface area contributed by atoms with Crippen molar-refractivity contribution >= 4 is 10.1 Å². The predicted molar refractivity (Wildman–Crippen MR) is 80.4 cm³/mol. The highest BCUT2D eigenvalue weighted by atomic mass is 32.2. The van der Waals surface area contributed by atoms with E-state index in [4.69, 9.17) is 5.73 Å². The van der Waals surface area contributed by atoms with Crippen LogP contribution in [0.4, 0.5) is 0 Å². The van der Waals surface area contributed by atoms with Crippen LogP contribution in [0.25, 0.3) is 0 Å². The Morgan fingerprint density at radius 2 is 1.32 bits per heavy atom. The number of unbranched alkanes of at least 4 members (excludes halogenated alkanes) is 9. The zero-order valence-corrected chi connectivity index (χ0v) is 13.4. The minimum absolute atomic E-state index is 0.0883. The highest BCUT2D eigenvalue weighted by molar-refractivity contribution is 7.86. The molecule has 0 fully saturated rings. The van der Waals surface area contributed by atoms with E-state index in [1.54, 1.807) is 0 Å². The van der Waals surface area contributed by atoms with Gasteiger partial charge in [-0.25, -0.2) is 0 Å². The molecular formula is C14H31NO3S. The van der Waals surface area contributed by atoms with Gasteiger partial charge in [0.05, 0.1) is 5.75 Å². The van der Waals surface area contributed by atoms with Crippen molar-refractivity contribution in [3.63, 3.8) is 0 Å². The van der Waals surface area contributed by atoms with Gasteiger partial charge in [0.15, 0.2) is 0 Å². The van der Waals surface area contributed by atoms with Crippen molar-refractivity contribution in [2.45, 2.75) is 84.3 Å². The van der Waals surface area contributed by atoms with Crippen molar-refractivity contribution in [3.05, 3.63) is 0 Å². The van der Waals surface area contributed by atoms with Crippen LogP contribution in [0.1, 0.15) is 78.1 Å². The molecule has 116 valence electrons. The predicted octanol–water partition coefficient (Wildman–Crippen LogP) is 3.56. The Bertz CT molecular complexity index is 289. The summed E-state index contributed by atoms with van der Waals surface area (Å²) in [7, 11) is -3.41. The van der Waals surface area contributed by atoms with E-state index < -0.39 is 16.3 Å². The van der Waals surface area contributed by atoms with E-state index in [1.807, 2.05) is 0 Å². The van der Waals surface area contributed by atoms with Crippen LogP contribution < -0.4 is 5.73 Å². The number of nitrogens with two attached hydrogens (primary N) is 1. The molecule has 0 heterocycles. The molecule has 19 heavy (non-hydrogen) atoms. The van der Waals surface area contributed by atoms with Crippen molar-refractivity contribution in [1.29, 1.82) is 0 Å². The first-order valence-corrected chi connectivity index (χ1v) is 9.22. The lowest BCUT2D eigenvalue weighted by Gasteiger charge is -2.07. The first kappa shape index (κ1) is 18.9. The minimum Gasteiger partial charge on any atom is -0.305 e. The van der Waals surface area contributed by atoms with E-state index >= 15 is 0 Å². The SMILES string of the molecule is CCCCCCCCCCCCS(=O)(=O)OC(C)N. The Balaban J connectivity index is 3.31. The Hall–Kier alpha value is -0.130. The van der Waals surface area contributed by atoms with Crippen LogP contribution >= 0.6 is 0 Å². The van der Waals surface area contributed by atoms with E-state index in [0.717, 1.165) is 12.8 Å². The molecule has 5 heteroatoms. The van der Waals surface area contributed by atoms with E-state index in [2.05, 4.69) is 11.1 Å². The van der Waals surface area contributed by atoms with Crippen LogP contribution in [0, 0.1) is 0 Å². The van der Waals surface area contributed by atoms with Crippen LogP contribution in [-0.2, 0) is 14.3 Å². The van der Waals surface area contributed by atoms with Gasteiger partial charge in [-0.2, -0.15) is 8.42 Å². The van der Waals surface area contributed by atoms with Crippen LogP contribution in [-0.4, -0.2) is 20.4 Å². The summed E-state index contributed by atoms with van der Waals surface area (Å²) in [6, 6.07) is 0. The normalized spacial score (nSPS) is 13.6. The molecule has 0 aliphatic heterocycles. The molecule has 0 aromatic rings. The third-order valence-electron chi connectivity index (χ3n) is 3.05. The molecule has 0 saturated heterocycles. The van der Waals surface area contributed by atoms with Crippen LogP contribution in [0.15, 0.2) is 0 Å².